The van der Waals surface area contributed by atoms with Crippen LogP contribution in [0.1, 0.15) is 38.7 Å². The van der Waals surface area contributed by atoms with Gasteiger partial charge in [0.05, 0.1) is 12.5 Å². The highest BCUT2D eigenvalue weighted by atomic mass is 16.5. The molecular formula is C21H31N3O5. The number of amides is 3. The number of hydrogen-bond acceptors (Lipinski definition) is 5. The molecule has 0 spiro atoms. The number of ether oxygens (including phenoxy) is 1. The monoisotopic (exact) mass is 405 g/mol. The summed E-state index contributed by atoms with van der Waals surface area (Å²) in [5.74, 6) is -1.81. The lowest BCUT2D eigenvalue weighted by molar-refractivity contribution is -0.142. The maximum absolute atomic E-state index is 13.2. The molecule has 3 amide bonds. The second-order valence-electron chi connectivity index (χ2n) is 7.83. The van der Waals surface area contributed by atoms with Gasteiger partial charge in [-0.05, 0) is 42.9 Å². The lowest BCUT2D eigenvalue weighted by atomic mass is 9.81. The first-order valence-electron chi connectivity index (χ1n) is 10.0. The van der Waals surface area contributed by atoms with E-state index in [1.807, 2.05) is 38.1 Å². The van der Waals surface area contributed by atoms with Gasteiger partial charge in [-0.15, -0.1) is 0 Å². The predicted octanol–water partition coefficient (Wildman–Crippen LogP) is 1.42. The van der Waals surface area contributed by atoms with E-state index in [1.54, 1.807) is 5.48 Å². The molecule has 3 rings (SSSR count). The zero-order valence-corrected chi connectivity index (χ0v) is 17.2. The van der Waals surface area contributed by atoms with Crippen molar-refractivity contribution in [1.29, 1.82) is 0 Å². The first kappa shape index (κ1) is 22.7. The van der Waals surface area contributed by atoms with E-state index in [0.29, 0.717) is 38.0 Å². The Morgan fingerprint density at radius 3 is 2.52 bits per heavy atom. The summed E-state index contributed by atoms with van der Waals surface area (Å²) < 4.78 is 5.73. The second kappa shape index (κ2) is 10.8. The number of carbonyl (C=O) groups is 3. The minimum atomic E-state index is -0.769. The number of rotatable bonds is 4. The Bertz CT molecular complexity index is 705. The van der Waals surface area contributed by atoms with Gasteiger partial charge in [-0.2, -0.15) is 0 Å². The van der Waals surface area contributed by atoms with Crippen molar-refractivity contribution in [2.75, 3.05) is 13.7 Å². The van der Waals surface area contributed by atoms with Crippen molar-refractivity contribution in [3.63, 3.8) is 0 Å². The smallest absolute Gasteiger partial charge is 0.247 e. The maximum Gasteiger partial charge on any atom is 0.247 e. The molecule has 0 fully saturated rings. The Morgan fingerprint density at radius 2 is 1.93 bits per heavy atom. The summed E-state index contributed by atoms with van der Waals surface area (Å²) in [6.45, 7) is 4.32. The van der Waals surface area contributed by atoms with Gasteiger partial charge in [-0.3, -0.25) is 19.6 Å². The minimum Gasteiger partial charge on any atom is -0.494 e. The van der Waals surface area contributed by atoms with Gasteiger partial charge in [0.25, 0.3) is 0 Å². The van der Waals surface area contributed by atoms with E-state index in [0.717, 1.165) is 5.56 Å². The molecular weight excluding hydrogens is 374 g/mol. The number of benzene rings is 1. The minimum absolute atomic E-state index is 0.153. The van der Waals surface area contributed by atoms with Crippen LogP contribution in [0.4, 0.5) is 0 Å². The molecule has 2 unspecified atom stereocenters. The number of likely N-dealkylation sites (N-methyl/N-ethyl adjacent to an activating group) is 1. The summed E-state index contributed by atoms with van der Waals surface area (Å²) in [4.78, 5) is 37.9. The van der Waals surface area contributed by atoms with Crippen LogP contribution in [-0.4, -0.2) is 42.6 Å². The van der Waals surface area contributed by atoms with Crippen LogP contribution in [0.3, 0.4) is 0 Å². The third kappa shape index (κ3) is 6.45. The second-order valence-corrected chi connectivity index (χ2v) is 7.83. The fraction of sp³-hybridized carbons (Fsp3) is 0.571. The Morgan fingerprint density at radius 1 is 1.24 bits per heavy atom. The number of nitrogens with one attached hydrogen (secondary N) is 3. The molecule has 8 heteroatoms. The molecule has 0 saturated heterocycles. The summed E-state index contributed by atoms with van der Waals surface area (Å²) in [6.07, 6.45) is 1.69. The summed E-state index contributed by atoms with van der Waals surface area (Å²) in [7, 11) is 1.52. The number of carbonyl (C=O) groups excluding carboxylic acids is 3. The Balaban J connectivity index is 2.38. The zero-order chi connectivity index (χ0) is 21.4. The average molecular weight is 405 g/mol. The van der Waals surface area contributed by atoms with Gasteiger partial charge in [0.15, 0.2) is 0 Å². The highest BCUT2D eigenvalue weighted by Gasteiger charge is 2.35. The summed E-state index contributed by atoms with van der Waals surface area (Å²) in [5.41, 5.74) is 2.58. The van der Waals surface area contributed by atoms with Crippen LogP contribution in [0.2, 0.25) is 0 Å². The molecule has 4 N–H and O–H groups in total. The molecule has 0 aliphatic carbocycles. The first-order chi connectivity index (χ1) is 13.8. The van der Waals surface area contributed by atoms with E-state index in [-0.39, 0.29) is 17.7 Å². The molecule has 3 atom stereocenters. The summed E-state index contributed by atoms with van der Waals surface area (Å²) in [6, 6.07) is 6.62. The lowest BCUT2D eigenvalue weighted by Crippen LogP contribution is -2.51. The molecule has 2 aliphatic heterocycles. The lowest BCUT2D eigenvalue weighted by Gasteiger charge is -2.28. The standard InChI is InChI=1S/C21H31N3O5/c1-13(2)11-17-16(20(26)24-28)5-4-10-29-15-8-6-14(7-9-15)12-18(21(27)22-3)23-19(17)25/h6-9,13,16-18,28H,4-5,10-12H2,1-3H3,(H,22,27)(H,23,25)(H,24,26)/t16?,17-,18?/m1/s1. The number of fused-ring (bicyclic) bond motifs is 11. The molecule has 0 saturated carbocycles. The number of hydrogen-bond donors (Lipinski definition) is 4. The quantitative estimate of drug-likeness (QED) is 0.446. The molecule has 1 aromatic carbocycles. The normalized spacial score (nSPS) is 22.9. The van der Waals surface area contributed by atoms with Gasteiger partial charge < -0.3 is 15.4 Å². The Hall–Kier alpha value is -2.61. The average Bonchev–Trinajstić information content (AvgIpc) is 2.71. The molecule has 0 aromatic heterocycles. The Labute approximate surface area is 171 Å². The first-order valence-corrected chi connectivity index (χ1v) is 10.0. The van der Waals surface area contributed by atoms with Crippen molar-refractivity contribution in [1.82, 2.24) is 16.1 Å². The fourth-order valence-electron chi connectivity index (χ4n) is 3.67. The summed E-state index contributed by atoms with van der Waals surface area (Å²) >= 11 is 0. The molecule has 160 valence electrons. The Kier molecular flexibility index (Phi) is 8.45. The fourth-order valence-corrected chi connectivity index (χ4v) is 3.67. The van der Waals surface area contributed by atoms with Crippen LogP contribution in [-0.2, 0) is 20.8 Å². The topological polar surface area (TPSA) is 117 Å². The van der Waals surface area contributed by atoms with Crippen molar-refractivity contribution in [2.24, 2.45) is 17.8 Å². The van der Waals surface area contributed by atoms with Gasteiger partial charge >= 0.3 is 0 Å². The van der Waals surface area contributed by atoms with Crippen molar-refractivity contribution in [3.05, 3.63) is 29.8 Å². The van der Waals surface area contributed by atoms with Crippen LogP contribution < -0.4 is 20.9 Å². The highest BCUT2D eigenvalue weighted by Crippen LogP contribution is 2.26. The molecule has 2 aliphatic rings. The molecule has 2 heterocycles. The molecule has 1 aromatic rings. The zero-order valence-electron chi connectivity index (χ0n) is 17.2. The third-order valence-corrected chi connectivity index (χ3v) is 5.17. The van der Waals surface area contributed by atoms with Crippen molar-refractivity contribution in [2.45, 2.75) is 45.6 Å². The van der Waals surface area contributed by atoms with Crippen LogP contribution in [0.15, 0.2) is 24.3 Å². The van der Waals surface area contributed by atoms with Gasteiger partial charge in [0, 0.05) is 19.4 Å². The van der Waals surface area contributed by atoms with Gasteiger partial charge in [0.1, 0.15) is 11.8 Å². The SMILES string of the molecule is CNC(=O)C1Cc2ccc(cc2)OCCCC(C(=O)NO)[C@@H](CC(C)C)C(=O)N1. The maximum atomic E-state index is 13.2. The largest absolute Gasteiger partial charge is 0.494 e. The van der Waals surface area contributed by atoms with E-state index >= 15 is 0 Å². The van der Waals surface area contributed by atoms with Crippen molar-refractivity contribution in [3.8, 4) is 5.75 Å². The predicted molar refractivity (Wildman–Crippen MR) is 107 cm³/mol. The van der Waals surface area contributed by atoms with Crippen molar-refractivity contribution >= 4 is 17.7 Å². The van der Waals surface area contributed by atoms with Crippen molar-refractivity contribution < 1.29 is 24.3 Å². The molecule has 2 bridgehead atoms. The number of hydroxylamine groups is 1. The van der Waals surface area contributed by atoms with E-state index in [9.17, 15) is 19.6 Å². The molecule has 29 heavy (non-hydrogen) atoms. The van der Waals surface area contributed by atoms with Gasteiger partial charge in [-0.1, -0.05) is 26.0 Å². The molecule has 8 nitrogen and oxygen atoms in total. The third-order valence-electron chi connectivity index (χ3n) is 5.17. The van der Waals surface area contributed by atoms with Crippen LogP contribution in [0, 0.1) is 17.8 Å². The summed E-state index contributed by atoms with van der Waals surface area (Å²) in [5, 5.41) is 14.6. The van der Waals surface area contributed by atoms with E-state index in [1.165, 1.54) is 7.05 Å². The van der Waals surface area contributed by atoms with Gasteiger partial charge in [-0.25, -0.2) is 5.48 Å². The van der Waals surface area contributed by atoms with E-state index in [2.05, 4.69) is 10.6 Å². The highest BCUT2D eigenvalue weighted by molar-refractivity contribution is 5.91. The van der Waals surface area contributed by atoms with E-state index < -0.39 is 23.8 Å². The molecule has 0 radical (unpaired) electrons. The van der Waals surface area contributed by atoms with Crippen LogP contribution >= 0.6 is 0 Å². The van der Waals surface area contributed by atoms with Gasteiger partial charge in [0.2, 0.25) is 17.7 Å². The van der Waals surface area contributed by atoms with Crippen LogP contribution in [0.5, 0.6) is 5.75 Å². The van der Waals surface area contributed by atoms with E-state index in [4.69, 9.17) is 4.74 Å². The van der Waals surface area contributed by atoms with Crippen LogP contribution in [0.25, 0.3) is 0 Å².